The lowest BCUT2D eigenvalue weighted by molar-refractivity contribution is 0.440. The summed E-state index contributed by atoms with van der Waals surface area (Å²) in [6, 6.07) is 18.0. The van der Waals surface area contributed by atoms with Crippen LogP contribution >= 0.6 is 0 Å². The Hall–Kier alpha value is -2.06. The standard InChI is InChI=1S/C21H24N2/c1-15-11-12-20-18(13-15)17-9-6-10-19(21(17)23(20)2)22-14-16-7-4-3-5-8-16/h3-5,7-8,11-13,19,22H,6,9-10,14H2,1-2H3. The van der Waals surface area contributed by atoms with E-state index in [1.165, 1.54) is 47.0 Å². The lowest BCUT2D eigenvalue weighted by atomic mass is 9.91. The Morgan fingerprint density at radius 1 is 1.13 bits per heavy atom. The molecule has 2 nitrogen and oxygen atoms in total. The molecule has 2 aromatic carbocycles. The number of nitrogens with zero attached hydrogens (tertiary/aromatic N) is 1. The molecular formula is C21H24N2. The van der Waals surface area contributed by atoms with Gasteiger partial charge in [0.15, 0.2) is 0 Å². The molecule has 0 fully saturated rings. The van der Waals surface area contributed by atoms with Crippen molar-refractivity contribution in [3.8, 4) is 0 Å². The van der Waals surface area contributed by atoms with Gasteiger partial charge in [-0.25, -0.2) is 0 Å². The van der Waals surface area contributed by atoms with E-state index in [9.17, 15) is 0 Å². The Morgan fingerprint density at radius 3 is 2.78 bits per heavy atom. The molecule has 0 saturated carbocycles. The summed E-state index contributed by atoms with van der Waals surface area (Å²) in [7, 11) is 2.22. The van der Waals surface area contributed by atoms with Crippen molar-refractivity contribution in [1.82, 2.24) is 9.88 Å². The highest BCUT2D eigenvalue weighted by Crippen LogP contribution is 2.37. The summed E-state index contributed by atoms with van der Waals surface area (Å²) in [4.78, 5) is 0. The molecule has 0 aliphatic heterocycles. The van der Waals surface area contributed by atoms with E-state index in [0.29, 0.717) is 6.04 Å². The molecule has 1 aromatic heterocycles. The van der Waals surface area contributed by atoms with E-state index in [1.807, 2.05) is 0 Å². The Labute approximate surface area is 138 Å². The summed E-state index contributed by atoms with van der Waals surface area (Å²) in [5.41, 5.74) is 7.13. The smallest absolute Gasteiger partial charge is 0.0483 e. The number of hydrogen-bond acceptors (Lipinski definition) is 1. The van der Waals surface area contributed by atoms with Crippen molar-refractivity contribution in [3.05, 3.63) is 70.9 Å². The average molecular weight is 304 g/mol. The minimum atomic E-state index is 0.455. The molecule has 1 heterocycles. The first kappa shape index (κ1) is 14.5. The molecule has 1 aliphatic carbocycles. The van der Waals surface area contributed by atoms with Crippen molar-refractivity contribution < 1.29 is 0 Å². The molecule has 23 heavy (non-hydrogen) atoms. The zero-order valence-electron chi connectivity index (χ0n) is 14.0. The van der Waals surface area contributed by atoms with Gasteiger partial charge in [-0.1, -0.05) is 42.0 Å². The minimum Gasteiger partial charge on any atom is -0.346 e. The first-order valence-electron chi connectivity index (χ1n) is 8.59. The first-order valence-corrected chi connectivity index (χ1v) is 8.59. The van der Waals surface area contributed by atoms with Crippen molar-refractivity contribution in [1.29, 1.82) is 0 Å². The van der Waals surface area contributed by atoms with Gasteiger partial charge in [0.05, 0.1) is 0 Å². The lowest BCUT2D eigenvalue weighted by Crippen LogP contribution is -2.26. The van der Waals surface area contributed by atoms with Crippen LogP contribution in [0.15, 0.2) is 48.5 Å². The third-order valence-electron chi connectivity index (χ3n) is 5.15. The van der Waals surface area contributed by atoms with Crippen LogP contribution in [0, 0.1) is 6.92 Å². The fourth-order valence-electron chi connectivity index (χ4n) is 4.02. The summed E-state index contributed by atoms with van der Waals surface area (Å²) in [6.07, 6.45) is 3.70. The third-order valence-corrected chi connectivity index (χ3v) is 5.15. The van der Waals surface area contributed by atoms with Gasteiger partial charge in [-0.05, 0) is 49.4 Å². The van der Waals surface area contributed by atoms with Gasteiger partial charge in [0.1, 0.15) is 0 Å². The van der Waals surface area contributed by atoms with E-state index in [1.54, 1.807) is 5.56 Å². The zero-order valence-corrected chi connectivity index (χ0v) is 14.0. The highest BCUT2D eigenvalue weighted by molar-refractivity contribution is 5.86. The van der Waals surface area contributed by atoms with Crippen molar-refractivity contribution in [2.45, 2.75) is 38.8 Å². The van der Waals surface area contributed by atoms with Gasteiger partial charge >= 0.3 is 0 Å². The fraction of sp³-hybridized carbons (Fsp3) is 0.333. The molecule has 1 aliphatic rings. The van der Waals surface area contributed by atoms with Gasteiger partial charge in [-0.3, -0.25) is 0 Å². The normalized spacial score (nSPS) is 17.4. The Kier molecular flexibility index (Phi) is 3.70. The number of benzene rings is 2. The van der Waals surface area contributed by atoms with Crippen LogP contribution in [0.4, 0.5) is 0 Å². The maximum Gasteiger partial charge on any atom is 0.0483 e. The Morgan fingerprint density at radius 2 is 1.96 bits per heavy atom. The molecule has 0 saturated heterocycles. The van der Waals surface area contributed by atoms with E-state index in [-0.39, 0.29) is 0 Å². The molecule has 1 atom stereocenters. The summed E-state index contributed by atoms with van der Waals surface area (Å²) in [6.45, 7) is 3.12. The first-order chi connectivity index (χ1) is 11.2. The van der Waals surface area contributed by atoms with Crippen LogP contribution in [-0.2, 0) is 20.0 Å². The van der Waals surface area contributed by atoms with Gasteiger partial charge in [-0.15, -0.1) is 0 Å². The van der Waals surface area contributed by atoms with Crippen molar-refractivity contribution in [2.75, 3.05) is 0 Å². The molecule has 3 aromatic rings. The highest BCUT2D eigenvalue weighted by atomic mass is 15.0. The summed E-state index contributed by atoms with van der Waals surface area (Å²) in [5, 5.41) is 5.24. The molecule has 4 rings (SSSR count). The summed E-state index contributed by atoms with van der Waals surface area (Å²) in [5.74, 6) is 0. The van der Waals surface area contributed by atoms with Crippen molar-refractivity contribution in [2.24, 2.45) is 7.05 Å². The predicted octanol–water partition coefficient (Wildman–Crippen LogP) is 4.65. The lowest BCUT2D eigenvalue weighted by Gasteiger charge is -2.26. The number of fused-ring (bicyclic) bond motifs is 3. The number of nitrogens with one attached hydrogen (secondary N) is 1. The molecule has 2 heteroatoms. The monoisotopic (exact) mass is 304 g/mol. The van der Waals surface area contributed by atoms with Crippen LogP contribution in [0.5, 0.6) is 0 Å². The van der Waals surface area contributed by atoms with Crippen molar-refractivity contribution in [3.63, 3.8) is 0 Å². The van der Waals surface area contributed by atoms with E-state index < -0.39 is 0 Å². The van der Waals surface area contributed by atoms with Crippen LogP contribution in [0.2, 0.25) is 0 Å². The third kappa shape index (κ3) is 2.57. The number of rotatable bonds is 3. The number of aryl methyl sites for hydroxylation is 3. The second kappa shape index (κ2) is 5.86. The largest absolute Gasteiger partial charge is 0.346 e. The molecule has 1 unspecified atom stereocenters. The zero-order chi connectivity index (χ0) is 15.8. The molecule has 0 spiro atoms. The van der Waals surface area contributed by atoms with Crippen LogP contribution in [-0.4, -0.2) is 4.57 Å². The van der Waals surface area contributed by atoms with Crippen LogP contribution in [0.25, 0.3) is 10.9 Å². The van der Waals surface area contributed by atoms with Gasteiger partial charge in [0, 0.05) is 36.2 Å². The van der Waals surface area contributed by atoms with Gasteiger partial charge in [-0.2, -0.15) is 0 Å². The maximum atomic E-state index is 3.79. The molecule has 1 N–H and O–H groups in total. The number of aromatic nitrogens is 1. The number of hydrogen-bond donors (Lipinski definition) is 1. The topological polar surface area (TPSA) is 17.0 Å². The van der Waals surface area contributed by atoms with Gasteiger partial charge in [0.2, 0.25) is 0 Å². The Balaban J connectivity index is 1.69. The maximum absolute atomic E-state index is 3.79. The molecule has 0 radical (unpaired) electrons. The Bertz CT molecular complexity index is 830. The SMILES string of the molecule is Cc1ccc2c(c1)c1c(n2C)C(NCc2ccccc2)CCC1. The predicted molar refractivity (Wildman–Crippen MR) is 96.6 cm³/mol. The van der Waals surface area contributed by atoms with Crippen molar-refractivity contribution >= 4 is 10.9 Å². The second-order valence-corrected chi connectivity index (χ2v) is 6.75. The molecule has 118 valence electrons. The van der Waals surface area contributed by atoms with Crippen LogP contribution in [0.1, 0.15) is 41.3 Å². The van der Waals surface area contributed by atoms with E-state index in [2.05, 4.69) is 72.4 Å². The highest BCUT2D eigenvalue weighted by Gasteiger charge is 2.26. The molecular weight excluding hydrogens is 280 g/mol. The van der Waals surface area contributed by atoms with Gasteiger partial charge in [0.25, 0.3) is 0 Å². The molecule has 0 bridgehead atoms. The van der Waals surface area contributed by atoms with E-state index >= 15 is 0 Å². The minimum absolute atomic E-state index is 0.455. The average Bonchev–Trinajstić information content (AvgIpc) is 2.87. The van der Waals surface area contributed by atoms with Crippen LogP contribution < -0.4 is 5.32 Å². The second-order valence-electron chi connectivity index (χ2n) is 6.75. The van der Waals surface area contributed by atoms with E-state index in [0.717, 1.165) is 6.54 Å². The fourth-order valence-corrected chi connectivity index (χ4v) is 4.02. The van der Waals surface area contributed by atoms with Gasteiger partial charge < -0.3 is 9.88 Å². The van der Waals surface area contributed by atoms with Crippen LogP contribution in [0.3, 0.4) is 0 Å². The summed E-state index contributed by atoms with van der Waals surface area (Å²) >= 11 is 0. The molecule has 0 amide bonds. The van der Waals surface area contributed by atoms with E-state index in [4.69, 9.17) is 0 Å². The summed E-state index contributed by atoms with van der Waals surface area (Å²) < 4.78 is 2.41. The quantitative estimate of drug-likeness (QED) is 0.745.